The second-order valence-electron chi connectivity index (χ2n) is 4.90. The zero-order valence-corrected chi connectivity index (χ0v) is 15.6. The van der Waals surface area contributed by atoms with Crippen LogP contribution in [0.3, 0.4) is 0 Å². The Balaban J connectivity index is 2.17. The van der Waals surface area contributed by atoms with Crippen LogP contribution in [-0.2, 0) is 19.6 Å². The average molecular weight is 427 g/mol. The van der Waals surface area contributed by atoms with Crippen LogP contribution >= 0.6 is 15.9 Å². The molecule has 2 aromatic carbocycles. The van der Waals surface area contributed by atoms with Crippen molar-refractivity contribution >= 4 is 43.5 Å². The fourth-order valence-corrected chi connectivity index (χ4v) is 3.23. The number of carbonyl (C=O) groups is 2. The molecule has 0 aliphatic carbocycles. The SMILES string of the molecule is COC(=O)CNC(=O)c1cccc(S(=O)(=O)Nc2ccc(Br)cc2)c1. The van der Waals surface area contributed by atoms with Crippen LogP contribution in [0.15, 0.2) is 57.9 Å². The molecule has 0 heterocycles. The van der Waals surface area contributed by atoms with Crippen LogP contribution in [0.2, 0.25) is 0 Å². The molecular weight excluding hydrogens is 412 g/mol. The minimum Gasteiger partial charge on any atom is -0.468 e. The Hall–Kier alpha value is -2.39. The van der Waals surface area contributed by atoms with Crippen LogP contribution < -0.4 is 10.0 Å². The molecule has 0 saturated heterocycles. The average Bonchev–Trinajstić information content (AvgIpc) is 2.61. The molecule has 0 fully saturated rings. The number of sulfonamides is 1. The number of benzene rings is 2. The smallest absolute Gasteiger partial charge is 0.325 e. The summed E-state index contributed by atoms with van der Waals surface area (Å²) in [5, 5.41) is 2.35. The predicted molar refractivity (Wildman–Crippen MR) is 95.7 cm³/mol. The molecule has 0 radical (unpaired) electrons. The van der Waals surface area contributed by atoms with Crippen LogP contribution in [0.1, 0.15) is 10.4 Å². The maximum absolute atomic E-state index is 12.4. The van der Waals surface area contributed by atoms with E-state index in [0.29, 0.717) is 5.69 Å². The van der Waals surface area contributed by atoms with Gasteiger partial charge < -0.3 is 10.1 Å². The molecule has 0 unspecified atom stereocenters. The fourth-order valence-electron chi connectivity index (χ4n) is 1.86. The zero-order chi connectivity index (χ0) is 18.4. The number of ether oxygens (including phenoxy) is 1. The van der Waals surface area contributed by atoms with Gasteiger partial charge in [0, 0.05) is 15.7 Å². The van der Waals surface area contributed by atoms with E-state index in [9.17, 15) is 18.0 Å². The van der Waals surface area contributed by atoms with E-state index in [-0.39, 0.29) is 17.0 Å². The molecule has 0 bridgehead atoms. The van der Waals surface area contributed by atoms with E-state index in [0.717, 1.165) is 4.47 Å². The Kier molecular flexibility index (Phi) is 6.16. The molecule has 9 heteroatoms. The summed E-state index contributed by atoms with van der Waals surface area (Å²) in [5.74, 6) is -1.18. The predicted octanol–water partition coefficient (Wildman–Crippen LogP) is 2.15. The third kappa shape index (κ3) is 5.30. The molecule has 25 heavy (non-hydrogen) atoms. The highest BCUT2D eigenvalue weighted by Crippen LogP contribution is 2.19. The Labute approximate surface area is 153 Å². The summed E-state index contributed by atoms with van der Waals surface area (Å²) >= 11 is 3.27. The normalized spacial score (nSPS) is 10.8. The van der Waals surface area contributed by atoms with Crippen LogP contribution in [0.25, 0.3) is 0 Å². The number of hydrogen-bond donors (Lipinski definition) is 2. The molecule has 1 amide bonds. The van der Waals surface area contributed by atoms with Gasteiger partial charge in [0.1, 0.15) is 6.54 Å². The molecule has 0 aromatic heterocycles. The Morgan fingerprint density at radius 2 is 1.80 bits per heavy atom. The van der Waals surface area contributed by atoms with Gasteiger partial charge in [-0.2, -0.15) is 0 Å². The number of hydrogen-bond acceptors (Lipinski definition) is 5. The first-order chi connectivity index (χ1) is 11.8. The number of anilines is 1. The number of nitrogens with one attached hydrogen (secondary N) is 2. The first kappa shape index (κ1) is 18.9. The van der Waals surface area contributed by atoms with Crippen LogP contribution in [0.5, 0.6) is 0 Å². The molecular formula is C16H15BrN2O5S. The molecule has 0 atom stereocenters. The van der Waals surface area contributed by atoms with E-state index in [1.807, 2.05) is 0 Å². The summed E-state index contributed by atoms with van der Waals surface area (Å²) in [6.45, 7) is -0.302. The lowest BCUT2D eigenvalue weighted by atomic mass is 10.2. The van der Waals surface area contributed by atoms with Gasteiger partial charge in [-0.15, -0.1) is 0 Å². The second kappa shape index (κ2) is 8.13. The molecule has 7 nitrogen and oxygen atoms in total. The number of carbonyl (C=O) groups excluding carboxylic acids is 2. The van der Waals surface area contributed by atoms with Crippen molar-refractivity contribution in [2.75, 3.05) is 18.4 Å². The highest BCUT2D eigenvalue weighted by Gasteiger charge is 2.17. The van der Waals surface area contributed by atoms with Crippen molar-refractivity contribution in [3.8, 4) is 0 Å². The van der Waals surface area contributed by atoms with Crippen LogP contribution in [-0.4, -0.2) is 33.9 Å². The number of methoxy groups -OCH3 is 1. The van der Waals surface area contributed by atoms with Gasteiger partial charge >= 0.3 is 5.97 Å². The van der Waals surface area contributed by atoms with Gasteiger partial charge in [0.25, 0.3) is 15.9 Å². The van der Waals surface area contributed by atoms with Gasteiger partial charge in [0.2, 0.25) is 0 Å². The lowest BCUT2D eigenvalue weighted by molar-refractivity contribution is -0.139. The topological polar surface area (TPSA) is 102 Å². The van der Waals surface area contributed by atoms with Gasteiger partial charge in [-0.25, -0.2) is 8.42 Å². The molecule has 132 valence electrons. The molecule has 0 spiro atoms. The minimum atomic E-state index is -3.86. The van der Waals surface area contributed by atoms with E-state index in [1.165, 1.54) is 31.4 Å². The summed E-state index contributed by atoms with van der Waals surface area (Å²) in [6.07, 6.45) is 0. The summed E-state index contributed by atoms with van der Waals surface area (Å²) in [7, 11) is -2.65. The Bertz CT molecular complexity index is 882. The quantitative estimate of drug-likeness (QED) is 0.688. The second-order valence-corrected chi connectivity index (χ2v) is 7.50. The molecule has 0 saturated carbocycles. The van der Waals surface area contributed by atoms with Crippen LogP contribution in [0.4, 0.5) is 5.69 Å². The maximum Gasteiger partial charge on any atom is 0.325 e. The van der Waals surface area contributed by atoms with Gasteiger partial charge in [0.15, 0.2) is 0 Å². The van der Waals surface area contributed by atoms with Gasteiger partial charge in [0.05, 0.1) is 12.0 Å². The molecule has 2 rings (SSSR count). The van der Waals surface area contributed by atoms with E-state index >= 15 is 0 Å². The van der Waals surface area contributed by atoms with Crippen molar-refractivity contribution in [3.05, 3.63) is 58.6 Å². The Morgan fingerprint density at radius 1 is 1.12 bits per heavy atom. The van der Waals surface area contributed by atoms with Crippen molar-refractivity contribution in [2.24, 2.45) is 0 Å². The fraction of sp³-hybridized carbons (Fsp3) is 0.125. The van der Waals surface area contributed by atoms with Crippen molar-refractivity contribution in [1.29, 1.82) is 0 Å². The van der Waals surface area contributed by atoms with E-state index in [2.05, 4.69) is 30.7 Å². The van der Waals surface area contributed by atoms with E-state index in [1.54, 1.807) is 24.3 Å². The first-order valence-corrected chi connectivity index (χ1v) is 9.33. The minimum absolute atomic E-state index is 0.0684. The number of esters is 1. The molecule has 0 aliphatic rings. The summed E-state index contributed by atoms with van der Waals surface area (Å²) in [5.41, 5.74) is 0.506. The molecule has 2 aromatic rings. The highest BCUT2D eigenvalue weighted by molar-refractivity contribution is 9.10. The van der Waals surface area contributed by atoms with Gasteiger partial charge in [-0.05, 0) is 42.5 Å². The summed E-state index contributed by atoms with van der Waals surface area (Å²) in [6, 6.07) is 12.1. The van der Waals surface area contributed by atoms with Crippen LogP contribution in [0, 0.1) is 0 Å². The number of halogens is 1. The summed E-state index contributed by atoms with van der Waals surface area (Å²) in [4.78, 5) is 23.0. The third-order valence-electron chi connectivity index (χ3n) is 3.12. The standard InChI is InChI=1S/C16H15BrN2O5S/c1-24-15(20)10-18-16(21)11-3-2-4-14(9-11)25(22,23)19-13-7-5-12(17)6-8-13/h2-9,19H,10H2,1H3,(H,18,21). The van der Waals surface area contributed by atoms with E-state index < -0.39 is 21.9 Å². The first-order valence-electron chi connectivity index (χ1n) is 7.05. The Morgan fingerprint density at radius 3 is 2.44 bits per heavy atom. The van der Waals surface area contributed by atoms with E-state index in [4.69, 9.17) is 0 Å². The van der Waals surface area contributed by atoms with Crippen molar-refractivity contribution in [2.45, 2.75) is 4.90 Å². The highest BCUT2D eigenvalue weighted by atomic mass is 79.9. The largest absolute Gasteiger partial charge is 0.468 e. The monoisotopic (exact) mass is 426 g/mol. The van der Waals surface area contributed by atoms with Crippen molar-refractivity contribution < 1.29 is 22.7 Å². The van der Waals surface area contributed by atoms with Crippen molar-refractivity contribution in [3.63, 3.8) is 0 Å². The number of rotatable bonds is 6. The number of amides is 1. The maximum atomic E-state index is 12.4. The third-order valence-corrected chi connectivity index (χ3v) is 5.03. The lowest BCUT2D eigenvalue weighted by Gasteiger charge is -2.10. The summed E-state index contributed by atoms with van der Waals surface area (Å²) < 4.78 is 32.6. The van der Waals surface area contributed by atoms with Crippen molar-refractivity contribution in [1.82, 2.24) is 5.32 Å². The lowest BCUT2D eigenvalue weighted by Crippen LogP contribution is -2.30. The molecule has 0 aliphatic heterocycles. The van der Waals surface area contributed by atoms with Gasteiger partial charge in [-0.1, -0.05) is 22.0 Å². The van der Waals surface area contributed by atoms with Gasteiger partial charge in [-0.3, -0.25) is 14.3 Å². The molecule has 2 N–H and O–H groups in total. The zero-order valence-electron chi connectivity index (χ0n) is 13.2.